The molecule has 0 bridgehead atoms. The Hall–Kier alpha value is -4.20. The molecule has 1 aromatic heterocycles. The largest absolute Gasteiger partial charge is 0.465 e. The van der Waals surface area contributed by atoms with Crippen LogP contribution in [0.4, 0.5) is 11.4 Å². The molecule has 0 fully saturated rings. The third kappa shape index (κ3) is 5.01. The Labute approximate surface area is 191 Å². The maximum atomic E-state index is 12.5. The lowest BCUT2D eigenvalue weighted by molar-refractivity contribution is -0.136. The lowest BCUT2D eigenvalue weighted by Crippen LogP contribution is -2.41. The van der Waals surface area contributed by atoms with Crippen molar-refractivity contribution in [1.29, 1.82) is 0 Å². The summed E-state index contributed by atoms with van der Waals surface area (Å²) in [6.07, 6.45) is 4.40. The van der Waals surface area contributed by atoms with Crippen molar-refractivity contribution in [3.05, 3.63) is 89.7 Å². The molecule has 168 valence electrons. The summed E-state index contributed by atoms with van der Waals surface area (Å²) in [6, 6.07) is 18.0. The molecule has 0 spiro atoms. The summed E-state index contributed by atoms with van der Waals surface area (Å²) < 4.78 is 4.65. The Kier molecular flexibility index (Phi) is 6.64. The van der Waals surface area contributed by atoms with E-state index >= 15 is 0 Å². The molecule has 1 aliphatic rings. The number of nitrogens with one attached hydrogen (secondary N) is 2. The molecule has 33 heavy (non-hydrogen) atoms. The van der Waals surface area contributed by atoms with E-state index in [1.54, 1.807) is 12.4 Å². The van der Waals surface area contributed by atoms with Gasteiger partial charge in [0.2, 0.25) is 0 Å². The number of aromatic nitrogens is 1. The van der Waals surface area contributed by atoms with Crippen molar-refractivity contribution in [2.75, 3.05) is 30.4 Å². The highest BCUT2D eigenvalue weighted by molar-refractivity contribution is 6.39. The van der Waals surface area contributed by atoms with E-state index in [-0.39, 0.29) is 12.6 Å². The number of methoxy groups -OCH3 is 1. The van der Waals surface area contributed by atoms with Crippen molar-refractivity contribution in [2.45, 2.75) is 12.5 Å². The van der Waals surface area contributed by atoms with E-state index in [4.69, 9.17) is 0 Å². The molecule has 3 aromatic rings. The van der Waals surface area contributed by atoms with E-state index < -0.39 is 17.8 Å². The Bertz CT molecular complexity index is 1150. The Morgan fingerprint density at radius 3 is 2.55 bits per heavy atom. The highest BCUT2D eigenvalue weighted by Crippen LogP contribution is 2.34. The summed E-state index contributed by atoms with van der Waals surface area (Å²) in [4.78, 5) is 42.9. The maximum Gasteiger partial charge on any atom is 0.337 e. The standard InChI is InChI=1S/C25H24N4O4/c1-33-25(32)18-8-10-20(11-9-18)28-24(31)23(30)27-16-22(19-6-4-13-26-15-19)29-14-12-17-5-2-3-7-21(17)29/h2-11,13,15,22H,12,14,16H2,1H3,(H,27,30)(H,28,31)/t22-/m0/s1. The summed E-state index contributed by atoms with van der Waals surface area (Å²) in [7, 11) is 1.29. The number of fused-ring (bicyclic) bond motifs is 1. The number of nitrogens with zero attached hydrogens (tertiary/aromatic N) is 2. The lowest BCUT2D eigenvalue weighted by Gasteiger charge is -2.30. The summed E-state index contributed by atoms with van der Waals surface area (Å²) in [6.45, 7) is 1.06. The second-order valence-electron chi connectivity index (χ2n) is 7.61. The van der Waals surface area contributed by atoms with Gasteiger partial charge >= 0.3 is 17.8 Å². The van der Waals surface area contributed by atoms with E-state index in [9.17, 15) is 14.4 Å². The van der Waals surface area contributed by atoms with Crippen molar-refractivity contribution in [2.24, 2.45) is 0 Å². The molecule has 1 atom stereocenters. The van der Waals surface area contributed by atoms with Crippen molar-refractivity contribution in [3.8, 4) is 0 Å². The normalized spacial score (nSPS) is 13.1. The molecular weight excluding hydrogens is 420 g/mol. The predicted molar refractivity (Wildman–Crippen MR) is 124 cm³/mol. The van der Waals surface area contributed by atoms with Crippen LogP contribution in [0.1, 0.15) is 27.5 Å². The summed E-state index contributed by atoms with van der Waals surface area (Å²) in [5, 5.41) is 5.30. The van der Waals surface area contributed by atoms with Crippen molar-refractivity contribution < 1.29 is 19.1 Å². The Morgan fingerprint density at radius 1 is 1.03 bits per heavy atom. The molecule has 4 rings (SSSR count). The zero-order valence-electron chi connectivity index (χ0n) is 18.2. The maximum absolute atomic E-state index is 12.5. The fourth-order valence-corrected chi connectivity index (χ4v) is 3.93. The quantitative estimate of drug-likeness (QED) is 0.448. The van der Waals surface area contributed by atoms with Crippen LogP contribution in [0.25, 0.3) is 0 Å². The molecule has 0 saturated carbocycles. The topological polar surface area (TPSA) is 101 Å². The number of rotatable bonds is 6. The number of hydrogen-bond acceptors (Lipinski definition) is 6. The molecule has 2 aromatic carbocycles. The molecule has 1 aliphatic heterocycles. The minimum atomic E-state index is -0.785. The van der Waals surface area contributed by atoms with Gasteiger partial charge in [-0.05, 0) is 53.9 Å². The Balaban J connectivity index is 1.43. The van der Waals surface area contributed by atoms with Crippen molar-refractivity contribution >= 4 is 29.2 Å². The van der Waals surface area contributed by atoms with Crippen LogP contribution in [0.3, 0.4) is 0 Å². The first kappa shape index (κ1) is 22.0. The van der Waals surface area contributed by atoms with Crippen LogP contribution < -0.4 is 15.5 Å². The summed E-state index contributed by atoms with van der Waals surface area (Å²) in [5.74, 6) is -2.00. The molecule has 0 unspecified atom stereocenters. The zero-order valence-corrected chi connectivity index (χ0v) is 18.2. The predicted octanol–water partition coefficient (Wildman–Crippen LogP) is 2.73. The van der Waals surface area contributed by atoms with Gasteiger partial charge in [0.1, 0.15) is 0 Å². The molecule has 2 N–H and O–H groups in total. The van der Waals surface area contributed by atoms with Gasteiger partial charge < -0.3 is 20.3 Å². The first-order valence-corrected chi connectivity index (χ1v) is 10.6. The van der Waals surface area contributed by atoms with Crippen molar-refractivity contribution in [3.63, 3.8) is 0 Å². The zero-order chi connectivity index (χ0) is 23.2. The molecule has 0 saturated heterocycles. The highest BCUT2D eigenvalue weighted by Gasteiger charge is 2.28. The van der Waals surface area contributed by atoms with Crippen LogP contribution in [-0.2, 0) is 20.7 Å². The number of para-hydroxylation sites is 1. The van der Waals surface area contributed by atoms with Crippen LogP contribution in [0, 0.1) is 0 Å². The van der Waals surface area contributed by atoms with Crippen LogP contribution >= 0.6 is 0 Å². The minimum absolute atomic E-state index is 0.168. The van der Waals surface area contributed by atoms with Crippen LogP contribution in [0.5, 0.6) is 0 Å². The molecule has 8 nitrogen and oxygen atoms in total. The van der Waals surface area contributed by atoms with E-state index in [0.29, 0.717) is 11.3 Å². The number of hydrogen-bond donors (Lipinski definition) is 2. The first-order chi connectivity index (χ1) is 16.1. The number of ether oxygens (including phenoxy) is 1. The van der Waals surface area contributed by atoms with E-state index in [2.05, 4.69) is 37.4 Å². The van der Waals surface area contributed by atoms with Gasteiger partial charge in [-0.1, -0.05) is 24.3 Å². The van der Waals surface area contributed by atoms with E-state index in [0.717, 1.165) is 24.2 Å². The fraction of sp³-hybridized carbons (Fsp3) is 0.200. The highest BCUT2D eigenvalue weighted by atomic mass is 16.5. The van der Waals surface area contributed by atoms with Gasteiger partial charge in [0.25, 0.3) is 0 Å². The van der Waals surface area contributed by atoms with Gasteiger partial charge in [0, 0.05) is 36.9 Å². The monoisotopic (exact) mass is 444 g/mol. The number of carbonyl (C=O) groups excluding carboxylic acids is 3. The lowest BCUT2D eigenvalue weighted by atomic mass is 10.1. The molecular formula is C25H24N4O4. The average molecular weight is 444 g/mol. The Morgan fingerprint density at radius 2 is 1.82 bits per heavy atom. The number of esters is 1. The number of anilines is 2. The van der Waals surface area contributed by atoms with Crippen LogP contribution in [0.15, 0.2) is 73.1 Å². The van der Waals surface area contributed by atoms with Gasteiger partial charge in [-0.2, -0.15) is 0 Å². The number of amides is 2. The van der Waals surface area contributed by atoms with Crippen molar-refractivity contribution in [1.82, 2.24) is 10.3 Å². The summed E-state index contributed by atoms with van der Waals surface area (Å²) in [5.41, 5.74) is 4.08. The van der Waals surface area contributed by atoms with E-state index in [1.807, 2.05) is 24.3 Å². The fourth-order valence-electron chi connectivity index (χ4n) is 3.93. The van der Waals surface area contributed by atoms with Crippen LogP contribution in [-0.4, -0.2) is 43.0 Å². The molecule has 8 heteroatoms. The molecule has 2 heterocycles. The minimum Gasteiger partial charge on any atom is -0.465 e. The summed E-state index contributed by atoms with van der Waals surface area (Å²) >= 11 is 0. The van der Waals surface area contributed by atoms with Gasteiger partial charge in [0.15, 0.2) is 0 Å². The van der Waals surface area contributed by atoms with Crippen LogP contribution in [0.2, 0.25) is 0 Å². The third-order valence-electron chi connectivity index (χ3n) is 5.59. The first-order valence-electron chi connectivity index (χ1n) is 10.6. The van der Waals surface area contributed by atoms with Gasteiger partial charge in [0.05, 0.1) is 18.7 Å². The smallest absolute Gasteiger partial charge is 0.337 e. The molecule has 0 aliphatic carbocycles. The average Bonchev–Trinajstić information content (AvgIpc) is 3.28. The number of benzene rings is 2. The second kappa shape index (κ2) is 9.95. The van der Waals surface area contributed by atoms with Gasteiger partial charge in [-0.3, -0.25) is 14.6 Å². The molecule has 0 radical (unpaired) electrons. The molecule has 2 amide bonds. The number of pyridine rings is 1. The SMILES string of the molecule is COC(=O)c1ccc(NC(=O)C(=O)NC[C@@H](c2cccnc2)N2CCc3ccccc32)cc1. The number of carbonyl (C=O) groups is 3. The van der Waals surface area contributed by atoms with Gasteiger partial charge in [-0.25, -0.2) is 4.79 Å². The third-order valence-corrected chi connectivity index (χ3v) is 5.59. The second-order valence-corrected chi connectivity index (χ2v) is 7.61. The van der Waals surface area contributed by atoms with E-state index in [1.165, 1.54) is 36.9 Å². The van der Waals surface area contributed by atoms with Gasteiger partial charge in [-0.15, -0.1) is 0 Å².